The molecule has 0 unspecified atom stereocenters. The van der Waals surface area contributed by atoms with Crippen molar-refractivity contribution in [1.29, 1.82) is 0 Å². The van der Waals surface area contributed by atoms with Crippen LogP contribution in [0.4, 0.5) is 0 Å². The maximum atomic E-state index is 11.3. The summed E-state index contributed by atoms with van der Waals surface area (Å²) in [5.74, 6) is -0.649. The molecule has 108 valence electrons. The van der Waals surface area contributed by atoms with Crippen molar-refractivity contribution in [1.82, 2.24) is 9.80 Å². The molecule has 2 aliphatic heterocycles. The first-order chi connectivity index (χ1) is 9.74. The van der Waals surface area contributed by atoms with Crippen molar-refractivity contribution in [2.24, 2.45) is 0 Å². The monoisotopic (exact) mass is 274 g/mol. The SMILES string of the molecule is O=C(O)[C@@H]1CCCN1[C@H]1CCN(Cc2ccccc2)C1. The molecule has 2 saturated heterocycles. The van der Waals surface area contributed by atoms with Gasteiger partial charge in [-0.2, -0.15) is 0 Å². The summed E-state index contributed by atoms with van der Waals surface area (Å²) < 4.78 is 0. The Labute approximate surface area is 120 Å². The van der Waals surface area contributed by atoms with Crippen molar-refractivity contribution >= 4 is 5.97 Å². The lowest BCUT2D eigenvalue weighted by Gasteiger charge is -2.28. The van der Waals surface area contributed by atoms with E-state index in [4.69, 9.17) is 0 Å². The molecular weight excluding hydrogens is 252 g/mol. The molecule has 4 nitrogen and oxygen atoms in total. The number of hydrogen-bond donors (Lipinski definition) is 1. The number of carboxylic acid groups (broad SMARTS) is 1. The highest BCUT2D eigenvalue weighted by molar-refractivity contribution is 5.73. The predicted molar refractivity (Wildman–Crippen MR) is 77.5 cm³/mol. The average Bonchev–Trinajstić information content (AvgIpc) is 3.07. The highest BCUT2D eigenvalue weighted by Gasteiger charge is 2.38. The van der Waals surface area contributed by atoms with Crippen molar-refractivity contribution in [3.63, 3.8) is 0 Å². The van der Waals surface area contributed by atoms with Gasteiger partial charge in [-0.25, -0.2) is 0 Å². The summed E-state index contributed by atoms with van der Waals surface area (Å²) >= 11 is 0. The van der Waals surface area contributed by atoms with Crippen LogP contribution in [-0.2, 0) is 11.3 Å². The van der Waals surface area contributed by atoms with E-state index in [0.717, 1.165) is 45.4 Å². The van der Waals surface area contributed by atoms with Crippen LogP contribution in [0, 0.1) is 0 Å². The van der Waals surface area contributed by atoms with E-state index < -0.39 is 5.97 Å². The van der Waals surface area contributed by atoms with Gasteiger partial charge in [0.25, 0.3) is 0 Å². The molecule has 2 aliphatic rings. The number of rotatable bonds is 4. The second-order valence-electron chi connectivity index (χ2n) is 5.90. The van der Waals surface area contributed by atoms with Crippen molar-refractivity contribution in [3.8, 4) is 0 Å². The molecule has 0 aromatic heterocycles. The molecule has 0 saturated carbocycles. The molecule has 1 N–H and O–H groups in total. The molecule has 2 fully saturated rings. The zero-order valence-corrected chi connectivity index (χ0v) is 11.7. The largest absolute Gasteiger partial charge is 0.480 e. The molecule has 20 heavy (non-hydrogen) atoms. The molecule has 2 heterocycles. The van der Waals surface area contributed by atoms with Crippen molar-refractivity contribution in [2.75, 3.05) is 19.6 Å². The molecule has 2 atom stereocenters. The van der Waals surface area contributed by atoms with Gasteiger partial charge in [0, 0.05) is 25.7 Å². The third-order valence-electron chi connectivity index (χ3n) is 4.54. The number of nitrogens with zero attached hydrogens (tertiary/aromatic N) is 2. The summed E-state index contributed by atoms with van der Waals surface area (Å²) in [4.78, 5) is 15.9. The van der Waals surface area contributed by atoms with Crippen LogP contribution < -0.4 is 0 Å². The third-order valence-corrected chi connectivity index (χ3v) is 4.54. The Balaban J connectivity index is 1.58. The summed E-state index contributed by atoms with van der Waals surface area (Å²) in [7, 11) is 0. The summed E-state index contributed by atoms with van der Waals surface area (Å²) in [6, 6.07) is 10.7. The van der Waals surface area contributed by atoms with E-state index >= 15 is 0 Å². The van der Waals surface area contributed by atoms with E-state index in [1.165, 1.54) is 5.56 Å². The molecule has 0 spiro atoms. The number of benzene rings is 1. The zero-order chi connectivity index (χ0) is 13.9. The zero-order valence-electron chi connectivity index (χ0n) is 11.7. The van der Waals surface area contributed by atoms with Gasteiger partial charge in [0.05, 0.1) is 0 Å². The highest BCUT2D eigenvalue weighted by Crippen LogP contribution is 2.26. The Morgan fingerprint density at radius 1 is 1.20 bits per heavy atom. The highest BCUT2D eigenvalue weighted by atomic mass is 16.4. The minimum Gasteiger partial charge on any atom is -0.480 e. The lowest BCUT2D eigenvalue weighted by molar-refractivity contribution is -0.142. The van der Waals surface area contributed by atoms with E-state index in [2.05, 4.69) is 34.1 Å². The van der Waals surface area contributed by atoms with Gasteiger partial charge in [0.15, 0.2) is 0 Å². The first-order valence-corrected chi connectivity index (χ1v) is 7.49. The number of carbonyl (C=O) groups is 1. The summed E-state index contributed by atoms with van der Waals surface area (Å²) in [5.41, 5.74) is 1.34. The Bertz CT molecular complexity index is 463. The average molecular weight is 274 g/mol. The van der Waals surface area contributed by atoms with E-state index in [1.54, 1.807) is 0 Å². The maximum Gasteiger partial charge on any atom is 0.320 e. The molecule has 0 amide bonds. The Morgan fingerprint density at radius 2 is 2.00 bits per heavy atom. The summed E-state index contributed by atoms with van der Waals surface area (Å²) in [6.45, 7) is 3.99. The minimum atomic E-state index is -0.649. The van der Waals surface area contributed by atoms with Gasteiger partial charge in [-0.3, -0.25) is 14.6 Å². The van der Waals surface area contributed by atoms with Crippen molar-refractivity contribution in [3.05, 3.63) is 35.9 Å². The molecule has 4 heteroatoms. The van der Waals surface area contributed by atoms with E-state index in [-0.39, 0.29) is 6.04 Å². The topological polar surface area (TPSA) is 43.8 Å². The maximum absolute atomic E-state index is 11.3. The van der Waals surface area contributed by atoms with Crippen LogP contribution in [0.1, 0.15) is 24.8 Å². The minimum absolute atomic E-state index is 0.253. The number of aliphatic carboxylic acids is 1. The van der Waals surface area contributed by atoms with Crippen molar-refractivity contribution < 1.29 is 9.90 Å². The normalized spacial score (nSPS) is 28.0. The quantitative estimate of drug-likeness (QED) is 0.909. The summed E-state index contributed by atoms with van der Waals surface area (Å²) in [6.07, 6.45) is 2.92. The van der Waals surface area contributed by atoms with Crippen LogP contribution in [0.2, 0.25) is 0 Å². The van der Waals surface area contributed by atoms with Crippen LogP contribution in [0.3, 0.4) is 0 Å². The molecule has 1 aromatic carbocycles. The molecule has 0 bridgehead atoms. The number of carboxylic acids is 1. The number of likely N-dealkylation sites (tertiary alicyclic amines) is 2. The first kappa shape index (κ1) is 13.6. The third kappa shape index (κ3) is 2.86. The van der Waals surface area contributed by atoms with Crippen LogP contribution in [0.25, 0.3) is 0 Å². The van der Waals surface area contributed by atoms with Gasteiger partial charge in [-0.15, -0.1) is 0 Å². The summed E-state index contributed by atoms with van der Waals surface area (Å²) in [5, 5.41) is 9.29. The van der Waals surface area contributed by atoms with Gasteiger partial charge in [0.1, 0.15) is 6.04 Å². The molecule has 0 radical (unpaired) electrons. The lowest BCUT2D eigenvalue weighted by Crippen LogP contribution is -2.44. The standard InChI is InChI=1S/C16H22N2O2/c19-16(20)15-7-4-9-18(15)14-8-10-17(12-14)11-13-5-2-1-3-6-13/h1-3,5-6,14-15H,4,7-12H2,(H,19,20)/t14-,15-/m0/s1. The lowest BCUT2D eigenvalue weighted by atomic mass is 10.1. The van der Waals surface area contributed by atoms with E-state index in [0.29, 0.717) is 6.04 Å². The van der Waals surface area contributed by atoms with Crippen LogP contribution >= 0.6 is 0 Å². The molecular formula is C16H22N2O2. The first-order valence-electron chi connectivity index (χ1n) is 7.49. The van der Waals surface area contributed by atoms with Gasteiger partial charge in [0.2, 0.25) is 0 Å². The van der Waals surface area contributed by atoms with E-state index in [1.807, 2.05) is 6.07 Å². The fourth-order valence-corrected chi connectivity index (χ4v) is 3.56. The molecule has 3 rings (SSSR count). The Kier molecular flexibility index (Phi) is 4.03. The fourth-order valence-electron chi connectivity index (χ4n) is 3.56. The Hall–Kier alpha value is -1.39. The van der Waals surface area contributed by atoms with Gasteiger partial charge in [-0.1, -0.05) is 30.3 Å². The van der Waals surface area contributed by atoms with Gasteiger partial charge in [-0.05, 0) is 31.4 Å². The van der Waals surface area contributed by atoms with Crippen LogP contribution in [0.15, 0.2) is 30.3 Å². The smallest absolute Gasteiger partial charge is 0.320 e. The second kappa shape index (κ2) is 5.94. The molecule has 0 aliphatic carbocycles. The number of hydrogen-bond acceptors (Lipinski definition) is 3. The van der Waals surface area contributed by atoms with Gasteiger partial charge < -0.3 is 5.11 Å². The van der Waals surface area contributed by atoms with Gasteiger partial charge >= 0.3 is 5.97 Å². The van der Waals surface area contributed by atoms with Crippen molar-refractivity contribution in [2.45, 2.75) is 37.9 Å². The predicted octanol–water partition coefficient (Wildman–Crippen LogP) is 1.81. The fraction of sp³-hybridized carbons (Fsp3) is 0.562. The van der Waals surface area contributed by atoms with Crippen LogP contribution in [-0.4, -0.2) is 52.6 Å². The van der Waals surface area contributed by atoms with E-state index in [9.17, 15) is 9.90 Å². The Morgan fingerprint density at radius 3 is 2.75 bits per heavy atom. The second-order valence-corrected chi connectivity index (χ2v) is 5.90. The van der Waals surface area contributed by atoms with Crippen LogP contribution in [0.5, 0.6) is 0 Å². The molecule has 1 aromatic rings.